The van der Waals surface area contributed by atoms with Gasteiger partial charge in [-0.25, -0.2) is 0 Å². The molecule has 1 saturated carbocycles. The molecular formula is C15H22BrN. The molecule has 1 aromatic carbocycles. The van der Waals surface area contributed by atoms with Gasteiger partial charge in [0.25, 0.3) is 0 Å². The first-order valence-corrected chi connectivity index (χ1v) is 7.44. The minimum Gasteiger partial charge on any atom is -0.385 e. The van der Waals surface area contributed by atoms with Crippen LogP contribution < -0.4 is 5.32 Å². The first-order valence-electron chi connectivity index (χ1n) is 6.65. The minimum absolute atomic E-state index is 0.871. The van der Waals surface area contributed by atoms with Crippen molar-refractivity contribution in [3.05, 3.63) is 28.2 Å². The van der Waals surface area contributed by atoms with Crippen LogP contribution >= 0.6 is 15.9 Å². The molecular weight excluding hydrogens is 274 g/mol. The molecule has 0 saturated heterocycles. The number of anilines is 1. The summed E-state index contributed by atoms with van der Waals surface area (Å²) < 4.78 is 1.19. The fourth-order valence-corrected chi connectivity index (χ4v) is 2.80. The standard InChI is InChI=1S/C15H22BrN/c1-11-3-5-13(6-4-11)10-17-14-7-8-15(16)12(2)9-14/h7-9,11,13,17H,3-6,10H2,1-2H3. The summed E-state index contributed by atoms with van der Waals surface area (Å²) in [5.41, 5.74) is 2.55. The van der Waals surface area contributed by atoms with Crippen LogP contribution in [0.15, 0.2) is 22.7 Å². The van der Waals surface area contributed by atoms with Crippen molar-refractivity contribution in [2.24, 2.45) is 11.8 Å². The Morgan fingerprint density at radius 2 is 1.94 bits per heavy atom. The molecule has 0 aromatic heterocycles. The summed E-state index contributed by atoms with van der Waals surface area (Å²) in [7, 11) is 0. The molecule has 17 heavy (non-hydrogen) atoms. The van der Waals surface area contributed by atoms with E-state index in [0.717, 1.165) is 18.4 Å². The van der Waals surface area contributed by atoms with Gasteiger partial charge in [-0.2, -0.15) is 0 Å². The Bertz CT molecular complexity index is 367. The van der Waals surface area contributed by atoms with Gasteiger partial charge < -0.3 is 5.32 Å². The van der Waals surface area contributed by atoms with Crippen LogP contribution in [-0.4, -0.2) is 6.54 Å². The summed E-state index contributed by atoms with van der Waals surface area (Å²) in [6, 6.07) is 6.50. The summed E-state index contributed by atoms with van der Waals surface area (Å²) in [5.74, 6) is 1.82. The van der Waals surface area contributed by atoms with E-state index in [1.54, 1.807) is 0 Å². The zero-order chi connectivity index (χ0) is 12.3. The summed E-state index contributed by atoms with van der Waals surface area (Å²) in [5, 5.41) is 3.58. The molecule has 0 bridgehead atoms. The average molecular weight is 296 g/mol. The topological polar surface area (TPSA) is 12.0 Å². The number of hydrogen-bond acceptors (Lipinski definition) is 1. The molecule has 0 spiro atoms. The monoisotopic (exact) mass is 295 g/mol. The Morgan fingerprint density at radius 1 is 1.24 bits per heavy atom. The number of nitrogens with one attached hydrogen (secondary N) is 1. The van der Waals surface area contributed by atoms with Gasteiger partial charge in [-0.1, -0.05) is 35.7 Å². The number of benzene rings is 1. The van der Waals surface area contributed by atoms with Gasteiger partial charge in [-0.15, -0.1) is 0 Å². The molecule has 94 valence electrons. The van der Waals surface area contributed by atoms with E-state index in [4.69, 9.17) is 0 Å². The second-order valence-electron chi connectivity index (χ2n) is 5.47. The molecule has 2 heteroatoms. The number of hydrogen-bond donors (Lipinski definition) is 1. The van der Waals surface area contributed by atoms with Crippen molar-refractivity contribution in [1.82, 2.24) is 0 Å². The second-order valence-corrected chi connectivity index (χ2v) is 6.33. The van der Waals surface area contributed by atoms with Crippen LogP contribution in [0, 0.1) is 18.8 Å². The van der Waals surface area contributed by atoms with E-state index in [9.17, 15) is 0 Å². The minimum atomic E-state index is 0.871. The highest BCUT2D eigenvalue weighted by atomic mass is 79.9. The van der Waals surface area contributed by atoms with Gasteiger partial charge in [0.15, 0.2) is 0 Å². The first-order chi connectivity index (χ1) is 8.15. The van der Waals surface area contributed by atoms with Crippen molar-refractivity contribution >= 4 is 21.6 Å². The predicted octanol–water partition coefficient (Wildman–Crippen LogP) is 5.00. The fourth-order valence-electron chi connectivity index (χ4n) is 2.55. The molecule has 0 radical (unpaired) electrons. The maximum atomic E-state index is 3.58. The number of aryl methyl sites for hydroxylation is 1. The highest BCUT2D eigenvalue weighted by Gasteiger charge is 2.17. The predicted molar refractivity (Wildman–Crippen MR) is 78.5 cm³/mol. The SMILES string of the molecule is Cc1cc(NCC2CCC(C)CC2)ccc1Br. The zero-order valence-corrected chi connectivity index (χ0v) is 12.4. The van der Waals surface area contributed by atoms with Crippen LogP contribution in [0.25, 0.3) is 0 Å². The Morgan fingerprint density at radius 3 is 2.59 bits per heavy atom. The summed E-state index contributed by atoms with van der Waals surface area (Å²) >= 11 is 3.54. The molecule has 0 aliphatic heterocycles. The maximum Gasteiger partial charge on any atom is 0.0343 e. The molecule has 1 nitrogen and oxygen atoms in total. The van der Waals surface area contributed by atoms with Crippen molar-refractivity contribution in [1.29, 1.82) is 0 Å². The van der Waals surface area contributed by atoms with Crippen molar-refractivity contribution in [3.8, 4) is 0 Å². The van der Waals surface area contributed by atoms with Gasteiger partial charge in [0.1, 0.15) is 0 Å². The smallest absolute Gasteiger partial charge is 0.0343 e. The summed E-state index contributed by atoms with van der Waals surface area (Å²) in [4.78, 5) is 0. The molecule has 1 fully saturated rings. The largest absolute Gasteiger partial charge is 0.385 e. The molecule has 2 rings (SSSR count). The lowest BCUT2D eigenvalue weighted by molar-refractivity contribution is 0.300. The lowest BCUT2D eigenvalue weighted by Gasteiger charge is -2.26. The molecule has 0 atom stereocenters. The average Bonchev–Trinajstić information content (AvgIpc) is 2.33. The Balaban J connectivity index is 1.83. The van der Waals surface area contributed by atoms with Crippen molar-refractivity contribution in [2.45, 2.75) is 39.5 Å². The molecule has 0 heterocycles. The number of halogens is 1. The molecule has 1 aromatic rings. The van der Waals surface area contributed by atoms with E-state index in [-0.39, 0.29) is 0 Å². The van der Waals surface area contributed by atoms with Crippen molar-refractivity contribution in [3.63, 3.8) is 0 Å². The van der Waals surface area contributed by atoms with E-state index in [0.29, 0.717) is 0 Å². The lowest BCUT2D eigenvalue weighted by Crippen LogP contribution is -2.20. The normalized spacial score (nSPS) is 24.6. The van der Waals surface area contributed by atoms with Crippen LogP contribution in [-0.2, 0) is 0 Å². The van der Waals surface area contributed by atoms with Gasteiger partial charge in [-0.05, 0) is 55.4 Å². The summed E-state index contributed by atoms with van der Waals surface area (Å²) in [6.45, 7) is 5.65. The van der Waals surface area contributed by atoms with Crippen LogP contribution in [0.3, 0.4) is 0 Å². The molecule has 1 aliphatic rings. The zero-order valence-electron chi connectivity index (χ0n) is 10.8. The van der Waals surface area contributed by atoms with Gasteiger partial charge >= 0.3 is 0 Å². The maximum absolute atomic E-state index is 3.58. The van der Waals surface area contributed by atoms with Crippen LogP contribution in [0.1, 0.15) is 38.2 Å². The van der Waals surface area contributed by atoms with Crippen LogP contribution in [0.4, 0.5) is 5.69 Å². The van der Waals surface area contributed by atoms with E-state index in [1.165, 1.54) is 41.4 Å². The van der Waals surface area contributed by atoms with E-state index < -0.39 is 0 Å². The summed E-state index contributed by atoms with van der Waals surface area (Å²) in [6.07, 6.45) is 5.60. The molecule has 1 aliphatic carbocycles. The number of rotatable bonds is 3. The van der Waals surface area contributed by atoms with Crippen molar-refractivity contribution in [2.75, 3.05) is 11.9 Å². The second kappa shape index (κ2) is 5.90. The van der Waals surface area contributed by atoms with Crippen LogP contribution in [0.5, 0.6) is 0 Å². The van der Waals surface area contributed by atoms with E-state index in [1.807, 2.05) is 0 Å². The lowest BCUT2D eigenvalue weighted by atomic mass is 9.83. The Labute approximate surface area is 113 Å². The van der Waals surface area contributed by atoms with Gasteiger partial charge in [0.2, 0.25) is 0 Å². The van der Waals surface area contributed by atoms with Gasteiger partial charge in [-0.3, -0.25) is 0 Å². The Kier molecular flexibility index (Phi) is 4.49. The van der Waals surface area contributed by atoms with E-state index in [2.05, 4.69) is 53.3 Å². The fraction of sp³-hybridized carbons (Fsp3) is 0.600. The Hall–Kier alpha value is -0.500. The van der Waals surface area contributed by atoms with Crippen LogP contribution in [0.2, 0.25) is 0 Å². The quantitative estimate of drug-likeness (QED) is 0.828. The third-order valence-corrected chi connectivity index (χ3v) is 4.78. The third-order valence-electron chi connectivity index (χ3n) is 3.89. The van der Waals surface area contributed by atoms with Crippen molar-refractivity contribution < 1.29 is 0 Å². The van der Waals surface area contributed by atoms with E-state index >= 15 is 0 Å². The van der Waals surface area contributed by atoms with Gasteiger partial charge in [0.05, 0.1) is 0 Å². The third kappa shape index (κ3) is 3.74. The molecule has 1 N–H and O–H groups in total. The highest BCUT2D eigenvalue weighted by molar-refractivity contribution is 9.10. The first kappa shape index (κ1) is 12.9. The molecule has 0 unspecified atom stereocenters. The van der Waals surface area contributed by atoms with Gasteiger partial charge in [0, 0.05) is 16.7 Å². The molecule has 0 amide bonds. The highest BCUT2D eigenvalue weighted by Crippen LogP contribution is 2.28.